The van der Waals surface area contributed by atoms with Gasteiger partial charge < -0.3 is 5.73 Å². The molecule has 0 unspecified atom stereocenters. The number of aryl methyl sites for hydroxylation is 1. The molecule has 0 radical (unpaired) electrons. The van der Waals surface area contributed by atoms with E-state index in [1.807, 2.05) is 6.92 Å². The average Bonchev–Trinajstić information content (AvgIpc) is 2.99. The van der Waals surface area contributed by atoms with Crippen molar-refractivity contribution >= 4 is 15.8 Å². The summed E-state index contributed by atoms with van der Waals surface area (Å²) < 4.78 is 28.7. The van der Waals surface area contributed by atoms with E-state index >= 15 is 0 Å². The molecule has 1 atom stereocenters. The van der Waals surface area contributed by atoms with Gasteiger partial charge in [-0.1, -0.05) is 17.7 Å². The second-order valence-corrected chi connectivity index (χ2v) is 7.90. The van der Waals surface area contributed by atoms with Gasteiger partial charge in [0.15, 0.2) is 0 Å². The molecule has 0 bridgehead atoms. The first-order valence-electron chi connectivity index (χ1n) is 7.79. The van der Waals surface area contributed by atoms with Gasteiger partial charge in [0.2, 0.25) is 10.0 Å². The minimum Gasteiger partial charge on any atom is -0.383 e. The third-order valence-corrected chi connectivity index (χ3v) is 6.22. The normalized spacial score (nSPS) is 18.8. The van der Waals surface area contributed by atoms with Gasteiger partial charge in [-0.25, -0.2) is 13.2 Å². The minimum atomic E-state index is -3.57. The maximum Gasteiger partial charge on any atom is 0.349 e. The molecule has 2 aromatic rings. The Labute approximate surface area is 140 Å². The van der Waals surface area contributed by atoms with Crippen LogP contribution >= 0.6 is 0 Å². The highest BCUT2D eigenvalue weighted by Crippen LogP contribution is 2.27. The van der Waals surface area contributed by atoms with Crippen molar-refractivity contribution in [2.45, 2.75) is 37.2 Å². The highest BCUT2D eigenvalue weighted by atomic mass is 32.2. The van der Waals surface area contributed by atoms with Crippen molar-refractivity contribution in [3.8, 4) is 0 Å². The topological polar surface area (TPSA) is 98.3 Å². The fourth-order valence-electron chi connectivity index (χ4n) is 2.96. The molecule has 1 aliphatic heterocycles. The zero-order valence-electron chi connectivity index (χ0n) is 13.4. The van der Waals surface area contributed by atoms with E-state index in [-0.39, 0.29) is 23.3 Å². The van der Waals surface area contributed by atoms with Gasteiger partial charge in [0.1, 0.15) is 5.82 Å². The van der Waals surface area contributed by atoms with Gasteiger partial charge >= 0.3 is 5.69 Å². The predicted molar refractivity (Wildman–Crippen MR) is 91.0 cm³/mol. The lowest BCUT2D eigenvalue weighted by Gasteiger charge is -2.24. The highest BCUT2D eigenvalue weighted by molar-refractivity contribution is 7.89. The van der Waals surface area contributed by atoms with Crippen molar-refractivity contribution in [1.82, 2.24) is 13.9 Å². The number of nitrogens with two attached hydrogens (primary N) is 1. The van der Waals surface area contributed by atoms with Crippen molar-refractivity contribution in [2.75, 3.05) is 12.3 Å². The lowest BCUT2D eigenvalue weighted by atomic mass is 10.2. The largest absolute Gasteiger partial charge is 0.383 e. The summed E-state index contributed by atoms with van der Waals surface area (Å²) in [7, 11) is -3.57. The van der Waals surface area contributed by atoms with E-state index < -0.39 is 15.7 Å². The second kappa shape index (κ2) is 6.37. The Bertz CT molecular complexity index is 890. The van der Waals surface area contributed by atoms with E-state index in [0.29, 0.717) is 13.0 Å². The summed E-state index contributed by atoms with van der Waals surface area (Å²) in [5.74, 6) is 0.159. The summed E-state index contributed by atoms with van der Waals surface area (Å²) in [5.41, 5.74) is 6.03. The van der Waals surface area contributed by atoms with Crippen molar-refractivity contribution in [3.05, 3.63) is 52.6 Å². The lowest BCUT2D eigenvalue weighted by molar-refractivity contribution is 0.347. The number of nitrogen functional groups attached to an aromatic ring is 1. The first-order valence-corrected chi connectivity index (χ1v) is 9.23. The van der Waals surface area contributed by atoms with Crippen LogP contribution in [0.25, 0.3) is 0 Å². The number of rotatable bonds is 4. The maximum absolute atomic E-state index is 12.9. The molecule has 2 N–H and O–H groups in total. The fourth-order valence-corrected chi connectivity index (χ4v) is 4.65. The number of benzene rings is 1. The molecular weight excluding hydrogens is 328 g/mol. The van der Waals surface area contributed by atoms with Crippen LogP contribution in [0.1, 0.15) is 18.4 Å². The van der Waals surface area contributed by atoms with Crippen molar-refractivity contribution < 1.29 is 8.42 Å². The summed E-state index contributed by atoms with van der Waals surface area (Å²) in [6, 6.07) is 8.08. The van der Waals surface area contributed by atoms with Crippen LogP contribution in [0.15, 0.2) is 46.2 Å². The lowest BCUT2D eigenvalue weighted by Crippen LogP contribution is -2.40. The molecule has 8 heteroatoms. The molecule has 1 aromatic carbocycles. The number of anilines is 1. The summed E-state index contributed by atoms with van der Waals surface area (Å²) in [5, 5.41) is 0. The standard InChI is InChI=1S/C16H20N4O3S/c1-12-4-6-14(7-5-12)24(22,23)20-9-2-3-13(20)11-19-10-8-15(17)18-16(19)21/h4-8,10,13H,2-3,9,11H2,1H3,(H2,17,18,21)/t13-/m1/s1. The Balaban J connectivity index is 1.87. The number of nitrogens with zero attached hydrogens (tertiary/aromatic N) is 3. The summed E-state index contributed by atoms with van der Waals surface area (Å²) in [4.78, 5) is 15.9. The summed E-state index contributed by atoms with van der Waals surface area (Å²) >= 11 is 0. The van der Waals surface area contributed by atoms with Gasteiger partial charge in [0, 0.05) is 25.3 Å². The quantitative estimate of drug-likeness (QED) is 0.888. The van der Waals surface area contributed by atoms with Crippen molar-refractivity contribution in [2.24, 2.45) is 0 Å². The Kier molecular flexibility index (Phi) is 4.42. The van der Waals surface area contributed by atoms with E-state index in [9.17, 15) is 13.2 Å². The van der Waals surface area contributed by atoms with E-state index in [2.05, 4.69) is 4.98 Å². The molecule has 1 fully saturated rings. The molecule has 1 saturated heterocycles. The number of sulfonamides is 1. The van der Waals surface area contributed by atoms with Crippen LogP contribution in [0.4, 0.5) is 5.82 Å². The van der Waals surface area contributed by atoms with Crippen LogP contribution in [0.2, 0.25) is 0 Å². The molecule has 2 heterocycles. The van der Waals surface area contributed by atoms with Crippen LogP contribution in [0, 0.1) is 6.92 Å². The zero-order valence-corrected chi connectivity index (χ0v) is 14.2. The number of hydrogen-bond acceptors (Lipinski definition) is 5. The molecule has 24 heavy (non-hydrogen) atoms. The Morgan fingerprint density at radius 3 is 2.62 bits per heavy atom. The van der Waals surface area contributed by atoms with E-state index in [4.69, 9.17) is 5.73 Å². The Morgan fingerprint density at radius 1 is 1.25 bits per heavy atom. The molecule has 3 rings (SSSR count). The van der Waals surface area contributed by atoms with Crippen LogP contribution in [0.3, 0.4) is 0 Å². The van der Waals surface area contributed by atoms with Gasteiger partial charge in [-0.15, -0.1) is 0 Å². The van der Waals surface area contributed by atoms with Gasteiger partial charge in [-0.05, 0) is 38.0 Å². The minimum absolute atomic E-state index is 0.159. The maximum atomic E-state index is 12.9. The van der Waals surface area contributed by atoms with Crippen LogP contribution in [-0.2, 0) is 16.6 Å². The summed E-state index contributed by atoms with van der Waals surface area (Å²) in [6.45, 7) is 2.64. The fraction of sp³-hybridized carbons (Fsp3) is 0.375. The third kappa shape index (κ3) is 3.20. The molecule has 1 aromatic heterocycles. The van der Waals surface area contributed by atoms with Gasteiger partial charge in [0.05, 0.1) is 4.90 Å². The molecule has 0 aliphatic carbocycles. The third-order valence-electron chi connectivity index (χ3n) is 4.25. The van der Waals surface area contributed by atoms with E-state index in [1.165, 1.54) is 14.9 Å². The van der Waals surface area contributed by atoms with Gasteiger partial charge in [-0.2, -0.15) is 9.29 Å². The van der Waals surface area contributed by atoms with E-state index in [0.717, 1.165) is 12.0 Å². The molecule has 0 spiro atoms. The summed E-state index contributed by atoms with van der Waals surface area (Å²) in [6.07, 6.45) is 3.04. The average molecular weight is 348 g/mol. The van der Waals surface area contributed by atoms with Crippen molar-refractivity contribution in [3.63, 3.8) is 0 Å². The Hall–Kier alpha value is -2.19. The van der Waals surface area contributed by atoms with Crippen LogP contribution in [-0.4, -0.2) is 34.9 Å². The number of aromatic nitrogens is 2. The van der Waals surface area contributed by atoms with E-state index in [1.54, 1.807) is 30.5 Å². The first kappa shape index (κ1) is 16.7. The Morgan fingerprint density at radius 2 is 1.96 bits per heavy atom. The molecular formula is C16H20N4O3S. The zero-order chi connectivity index (χ0) is 17.3. The van der Waals surface area contributed by atoms with Crippen LogP contribution in [0.5, 0.6) is 0 Å². The SMILES string of the molecule is Cc1ccc(S(=O)(=O)N2CCC[C@@H]2Cn2ccc(N)nc2=O)cc1. The molecule has 0 saturated carbocycles. The molecule has 128 valence electrons. The van der Waals surface area contributed by atoms with Crippen molar-refractivity contribution in [1.29, 1.82) is 0 Å². The molecule has 7 nitrogen and oxygen atoms in total. The smallest absolute Gasteiger partial charge is 0.349 e. The van der Waals surface area contributed by atoms with Gasteiger partial charge in [0.25, 0.3) is 0 Å². The first-order chi connectivity index (χ1) is 11.4. The predicted octanol–water partition coefficient (Wildman–Crippen LogP) is 0.987. The molecule has 1 aliphatic rings. The van der Waals surface area contributed by atoms with Crippen LogP contribution < -0.4 is 11.4 Å². The number of hydrogen-bond donors (Lipinski definition) is 1. The van der Waals surface area contributed by atoms with Gasteiger partial charge in [-0.3, -0.25) is 4.57 Å². The molecule has 0 amide bonds. The second-order valence-electron chi connectivity index (χ2n) is 6.01. The highest BCUT2D eigenvalue weighted by Gasteiger charge is 2.35. The monoisotopic (exact) mass is 348 g/mol.